The number of nitro groups is 1. The molecule has 2 aromatic carbocycles. The number of rotatable bonds is 5. The van der Waals surface area contributed by atoms with Crippen LogP contribution < -0.4 is 0 Å². The fraction of sp³-hybridized carbons (Fsp3) is 0.273. The lowest BCUT2D eigenvalue weighted by atomic mass is 9.95. The van der Waals surface area contributed by atoms with Gasteiger partial charge in [0.25, 0.3) is 17.4 Å². The van der Waals surface area contributed by atoms with E-state index in [2.05, 4.69) is 0 Å². The first-order chi connectivity index (χ1) is 14.9. The number of benzene rings is 2. The van der Waals surface area contributed by atoms with Crippen LogP contribution in [0.2, 0.25) is 0 Å². The third kappa shape index (κ3) is 3.91. The number of likely N-dealkylation sites (tertiary alicyclic amines) is 1. The maximum atomic E-state index is 13.3. The Balaban J connectivity index is 1.85. The van der Waals surface area contributed by atoms with Crippen LogP contribution in [0.25, 0.3) is 5.76 Å². The van der Waals surface area contributed by atoms with Gasteiger partial charge in [0.1, 0.15) is 11.6 Å². The highest BCUT2D eigenvalue weighted by Crippen LogP contribution is 2.40. The molecule has 31 heavy (non-hydrogen) atoms. The summed E-state index contributed by atoms with van der Waals surface area (Å²) < 4.78 is 18.9. The van der Waals surface area contributed by atoms with Gasteiger partial charge in [0, 0.05) is 30.8 Å². The zero-order valence-corrected chi connectivity index (χ0v) is 16.4. The lowest BCUT2D eigenvalue weighted by molar-refractivity contribution is -0.384. The molecule has 1 amide bonds. The van der Waals surface area contributed by atoms with E-state index in [0.717, 1.165) is 18.6 Å². The van der Waals surface area contributed by atoms with Gasteiger partial charge in [-0.15, -0.1) is 0 Å². The number of non-ortho nitro benzene ring substituents is 1. The Morgan fingerprint density at radius 2 is 1.97 bits per heavy atom. The normalized spacial score (nSPS) is 22.8. The van der Waals surface area contributed by atoms with Crippen molar-refractivity contribution in [3.05, 3.63) is 81.2 Å². The number of Topliss-reactive ketones (excluding diaryl/α,β-unsaturated/α-hetero) is 1. The maximum absolute atomic E-state index is 13.3. The molecular weight excluding hydrogens is 407 g/mol. The van der Waals surface area contributed by atoms with Gasteiger partial charge in [-0.3, -0.25) is 19.7 Å². The second-order valence-corrected chi connectivity index (χ2v) is 7.45. The van der Waals surface area contributed by atoms with Crippen molar-refractivity contribution in [2.24, 2.45) is 0 Å². The van der Waals surface area contributed by atoms with Gasteiger partial charge in [-0.05, 0) is 42.7 Å². The molecule has 1 N–H and O–H groups in total. The molecule has 9 heteroatoms. The summed E-state index contributed by atoms with van der Waals surface area (Å²) in [6.45, 7) is 0.657. The summed E-state index contributed by atoms with van der Waals surface area (Å²) in [5.74, 6) is -2.72. The number of halogens is 1. The highest BCUT2D eigenvalue weighted by atomic mass is 19.1. The molecule has 160 valence electrons. The van der Waals surface area contributed by atoms with Gasteiger partial charge >= 0.3 is 0 Å². The van der Waals surface area contributed by atoms with Crippen molar-refractivity contribution in [2.45, 2.75) is 25.0 Å². The molecule has 0 spiro atoms. The molecule has 2 aliphatic heterocycles. The summed E-state index contributed by atoms with van der Waals surface area (Å²) in [7, 11) is 0. The first-order valence-corrected chi connectivity index (χ1v) is 9.77. The van der Waals surface area contributed by atoms with Crippen molar-refractivity contribution in [3.63, 3.8) is 0 Å². The number of aliphatic hydroxyl groups is 1. The van der Waals surface area contributed by atoms with E-state index in [1.807, 2.05) is 0 Å². The number of carbonyl (C=O) groups excluding carboxylic acids is 2. The first-order valence-electron chi connectivity index (χ1n) is 9.77. The summed E-state index contributed by atoms with van der Waals surface area (Å²) in [4.78, 5) is 37.8. The predicted octanol–water partition coefficient (Wildman–Crippen LogP) is 3.33. The number of aliphatic hydroxyl groups excluding tert-OH is 1. The third-order valence-electron chi connectivity index (χ3n) is 5.48. The van der Waals surface area contributed by atoms with Crippen molar-refractivity contribution in [3.8, 4) is 0 Å². The molecule has 0 aromatic heterocycles. The zero-order valence-electron chi connectivity index (χ0n) is 16.4. The van der Waals surface area contributed by atoms with E-state index in [1.165, 1.54) is 35.2 Å². The van der Waals surface area contributed by atoms with Crippen molar-refractivity contribution < 1.29 is 28.7 Å². The molecule has 2 fully saturated rings. The molecule has 4 rings (SSSR count). The summed E-state index contributed by atoms with van der Waals surface area (Å²) in [5, 5.41) is 22.1. The molecule has 0 aliphatic carbocycles. The highest BCUT2D eigenvalue weighted by molar-refractivity contribution is 6.46. The number of hydrogen-bond acceptors (Lipinski definition) is 6. The monoisotopic (exact) mass is 426 g/mol. The molecule has 0 radical (unpaired) electrons. The van der Waals surface area contributed by atoms with E-state index in [0.29, 0.717) is 18.6 Å². The average Bonchev–Trinajstić information content (AvgIpc) is 3.36. The minimum atomic E-state index is -1.03. The quantitative estimate of drug-likeness (QED) is 0.258. The van der Waals surface area contributed by atoms with Crippen LogP contribution in [0.15, 0.2) is 54.1 Å². The summed E-state index contributed by atoms with van der Waals surface area (Å²) in [6.07, 6.45) is 1.26. The Hall–Kier alpha value is -3.59. The van der Waals surface area contributed by atoms with Crippen molar-refractivity contribution >= 4 is 23.1 Å². The van der Waals surface area contributed by atoms with Crippen LogP contribution in [0.3, 0.4) is 0 Å². The highest BCUT2D eigenvalue weighted by Gasteiger charge is 2.47. The van der Waals surface area contributed by atoms with E-state index in [1.54, 1.807) is 6.07 Å². The molecule has 2 heterocycles. The molecule has 2 aromatic rings. The topological polar surface area (TPSA) is 110 Å². The van der Waals surface area contributed by atoms with Gasteiger partial charge in [-0.1, -0.05) is 12.1 Å². The predicted molar refractivity (Wildman–Crippen MR) is 107 cm³/mol. The number of carbonyl (C=O) groups is 2. The summed E-state index contributed by atoms with van der Waals surface area (Å²) >= 11 is 0. The van der Waals surface area contributed by atoms with Gasteiger partial charge in [-0.25, -0.2) is 4.39 Å². The van der Waals surface area contributed by atoms with E-state index >= 15 is 0 Å². The lowest BCUT2D eigenvalue weighted by Gasteiger charge is -2.27. The SMILES string of the molecule is O=C1C(=O)N(CC2CCCO2)C(c2cccc([N+](=O)[O-])c2)C1=C(O)c1ccc(F)cc1. The van der Waals surface area contributed by atoms with Gasteiger partial charge in [-0.2, -0.15) is 0 Å². The van der Waals surface area contributed by atoms with Gasteiger partial charge in [0.2, 0.25) is 0 Å². The molecule has 0 bridgehead atoms. The van der Waals surface area contributed by atoms with Crippen molar-refractivity contribution in [1.29, 1.82) is 0 Å². The third-order valence-corrected chi connectivity index (χ3v) is 5.48. The Labute approximate surface area is 176 Å². The summed E-state index contributed by atoms with van der Waals surface area (Å²) in [6, 6.07) is 9.40. The van der Waals surface area contributed by atoms with Crippen LogP contribution in [-0.4, -0.2) is 45.9 Å². The van der Waals surface area contributed by atoms with Crippen LogP contribution in [-0.2, 0) is 14.3 Å². The van der Waals surface area contributed by atoms with E-state index in [-0.39, 0.29) is 29.5 Å². The van der Waals surface area contributed by atoms with Crippen LogP contribution >= 0.6 is 0 Å². The van der Waals surface area contributed by atoms with E-state index in [4.69, 9.17) is 4.74 Å². The average molecular weight is 426 g/mol. The van der Waals surface area contributed by atoms with Crippen LogP contribution in [0.1, 0.15) is 30.0 Å². The molecule has 2 atom stereocenters. The number of nitrogens with zero attached hydrogens (tertiary/aromatic N) is 2. The van der Waals surface area contributed by atoms with Gasteiger partial charge < -0.3 is 14.7 Å². The Bertz CT molecular complexity index is 1080. The first kappa shape index (κ1) is 20.7. The lowest BCUT2D eigenvalue weighted by Crippen LogP contribution is -2.36. The van der Waals surface area contributed by atoms with Crippen LogP contribution in [0.4, 0.5) is 10.1 Å². The van der Waals surface area contributed by atoms with Crippen molar-refractivity contribution in [2.75, 3.05) is 13.2 Å². The summed E-state index contributed by atoms with van der Waals surface area (Å²) in [5.41, 5.74) is 0.0686. The Kier molecular flexibility index (Phi) is 5.51. The second kappa shape index (κ2) is 8.27. The number of hydrogen-bond donors (Lipinski definition) is 1. The van der Waals surface area contributed by atoms with Crippen molar-refractivity contribution in [1.82, 2.24) is 4.90 Å². The molecule has 2 aliphatic rings. The molecule has 0 saturated carbocycles. The fourth-order valence-electron chi connectivity index (χ4n) is 3.99. The van der Waals surface area contributed by atoms with Gasteiger partial charge in [0.05, 0.1) is 22.6 Å². The fourth-order valence-corrected chi connectivity index (χ4v) is 3.99. The largest absolute Gasteiger partial charge is 0.507 e. The molecular formula is C22H19FN2O6. The molecule has 2 saturated heterocycles. The second-order valence-electron chi connectivity index (χ2n) is 7.45. The number of ketones is 1. The minimum Gasteiger partial charge on any atom is -0.507 e. The maximum Gasteiger partial charge on any atom is 0.295 e. The molecule has 8 nitrogen and oxygen atoms in total. The van der Waals surface area contributed by atoms with E-state index in [9.17, 15) is 29.2 Å². The van der Waals surface area contributed by atoms with Crippen LogP contribution in [0.5, 0.6) is 0 Å². The zero-order chi connectivity index (χ0) is 22.1. The Morgan fingerprint density at radius 3 is 2.61 bits per heavy atom. The van der Waals surface area contributed by atoms with E-state index < -0.39 is 34.2 Å². The molecule has 2 unspecified atom stereocenters. The smallest absolute Gasteiger partial charge is 0.295 e. The number of amides is 1. The van der Waals surface area contributed by atoms with Crippen LogP contribution in [0, 0.1) is 15.9 Å². The standard InChI is InChI=1S/C22H19FN2O6/c23-15-8-6-13(7-9-15)20(26)18-19(14-3-1-4-16(11-14)25(29)30)24(22(28)21(18)27)12-17-5-2-10-31-17/h1,3-4,6-9,11,17,19,26H,2,5,10,12H2. The number of ether oxygens (including phenoxy) is 1. The Morgan fingerprint density at radius 1 is 1.23 bits per heavy atom. The van der Waals surface area contributed by atoms with Gasteiger partial charge in [0.15, 0.2) is 0 Å². The minimum absolute atomic E-state index is 0.109. The number of nitro benzene ring substituents is 1.